The Balaban J connectivity index is 1.69. The van der Waals surface area contributed by atoms with Gasteiger partial charge in [-0.3, -0.25) is 4.90 Å². The monoisotopic (exact) mass is 236 g/mol. The topological polar surface area (TPSA) is 15.3 Å². The fourth-order valence-electron chi connectivity index (χ4n) is 3.22. The van der Waals surface area contributed by atoms with E-state index in [0.717, 1.165) is 24.9 Å². The van der Waals surface area contributed by atoms with Crippen molar-refractivity contribution < 1.29 is 0 Å². The molecule has 2 heteroatoms. The van der Waals surface area contributed by atoms with E-state index < -0.39 is 0 Å². The molecule has 1 aliphatic carbocycles. The molecule has 1 heterocycles. The summed E-state index contributed by atoms with van der Waals surface area (Å²) in [5.41, 5.74) is 1.53. The molecule has 17 heavy (non-hydrogen) atoms. The van der Waals surface area contributed by atoms with Gasteiger partial charge in [-0.1, -0.05) is 13.0 Å². The normalized spacial score (nSPS) is 29.6. The number of rotatable bonds is 4. The zero-order valence-corrected chi connectivity index (χ0v) is 11.8. The van der Waals surface area contributed by atoms with Crippen LogP contribution in [0.2, 0.25) is 0 Å². The summed E-state index contributed by atoms with van der Waals surface area (Å²) in [4.78, 5) is 2.61. The highest BCUT2D eigenvalue weighted by atomic mass is 15.2. The Hall–Kier alpha value is -0.340. The number of hydrogen-bond acceptors (Lipinski definition) is 2. The maximum absolute atomic E-state index is 4.21. The molecule has 0 bridgehead atoms. The largest absolute Gasteiger partial charge is 0.308 e. The molecule has 0 aromatic heterocycles. The zero-order chi connectivity index (χ0) is 12.5. The molecule has 2 unspecified atom stereocenters. The van der Waals surface area contributed by atoms with Gasteiger partial charge in [0.15, 0.2) is 0 Å². The van der Waals surface area contributed by atoms with Gasteiger partial charge in [0, 0.05) is 31.7 Å². The van der Waals surface area contributed by atoms with Crippen LogP contribution in [0.5, 0.6) is 0 Å². The molecule has 1 N–H and O–H groups in total. The van der Waals surface area contributed by atoms with Crippen LogP contribution in [0, 0.1) is 11.8 Å². The van der Waals surface area contributed by atoms with Crippen LogP contribution in [-0.2, 0) is 0 Å². The molecule has 1 saturated carbocycles. The number of likely N-dealkylation sites (tertiary alicyclic amines) is 1. The molecule has 0 aromatic carbocycles. The zero-order valence-electron chi connectivity index (χ0n) is 11.8. The Morgan fingerprint density at radius 3 is 2.35 bits per heavy atom. The molecular weight excluding hydrogens is 208 g/mol. The molecule has 1 aliphatic heterocycles. The first-order valence-corrected chi connectivity index (χ1v) is 7.08. The third-order valence-electron chi connectivity index (χ3n) is 4.12. The van der Waals surface area contributed by atoms with Crippen LogP contribution in [0.4, 0.5) is 0 Å². The van der Waals surface area contributed by atoms with E-state index in [1.54, 1.807) is 0 Å². The lowest BCUT2D eigenvalue weighted by atomic mass is 10.0. The van der Waals surface area contributed by atoms with Crippen LogP contribution in [0.3, 0.4) is 0 Å². The standard InChI is InChI=1S/C15H28N2/c1-12(8-16-15(2,3)4)9-17-10-13-6-5-7-14(13)11-17/h13-14,16H,1,5-11H2,2-4H3. The molecule has 0 radical (unpaired) electrons. The molecular formula is C15H28N2. The predicted molar refractivity (Wildman–Crippen MR) is 74.2 cm³/mol. The molecule has 2 rings (SSSR count). The van der Waals surface area contributed by atoms with Crippen LogP contribution < -0.4 is 5.32 Å². The van der Waals surface area contributed by atoms with Crippen molar-refractivity contribution >= 4 is 0 Å². The number of hydrogen-bond donors (Lipinski definition) is 1. The van der Waals surface area contributed by atoms with E-state index in [9.17, 15) is 0 Å². The Morgan fingerprint density at radius 2 is 1.82 bits per heavy atom. The van der Waals surface area contributed by atoms with Crippen molar-refractivity contribution in [1.29, 1.82) is 0 Å². The minimum atomic E-state index is 0.199. The molecule has 2 atom stereocenters. The average molecular weight is 236 g/mol. The van der Waals surface area contributed by atoms with Crippen LogP contribution in [0.25, 0.3) is 0 Å². The fourth-order valence-corrected chi connectivity index (χ4v) is 3.22. The van der Waals surface area contributed by atoms with Crippen LogP contribution in [0.1, 0.15) is 40.0 Å². The number of nitrogens with zero attached hydrogens (tertiary/aromatic N) is 1. The highest BCUT2D eigenvalue weighted by Gasteiger charge is 2.35. The summed E-state index contributed by atoms with van der Waals surface area (Å²) >= 11 is 0. The summed E-state index contributed by atoms with van der Waals surface area (Å²) in [6.45, 7) is 15.5. The lowest BCUT2D eigenvalue weighted by Gasteiger charge is -2.24. The summed E-state index contributed by atoms with van der Waals surface area (Å²) in [6, 6.07) is 0. The van der Waals surface area contributed by atoms with E-state index in [2.05, 4.69) is 37.6 Å². The van der Waals surface area contributed by atoms with E-state index in [4.69, 9.17) is 0 Å². The van der Waals surface area contributed by atoms with Crippen molar-refractivity contribution in [1.82, 2.24) is 10.2 Å². The van der Waals surface area contributed by atoms with Crippen molar-refractivity contribution in [3.63, 3.8) is 0 Å². The second-order valence-corrected chi connectivity index (χ2v) is 7.00. The highest BCUT2D eigenvalue weighted by Crippen LogP contribution is 2.37. The molecule has 98 valence electrons. The third-order valence-corrected chi connectivity index (χ3v) is 4.12. The number of fused-ring (bicyclic) bond motifs is 1. The van der Waals surface area contributed by atoms with Gasteiger partial charge in [-0.25, -0.2) is 0 Å². The SMILES string of the molecule is C=C(CNC(C)(C)C)CN1CC2CCCC2C1. The Labute approximate surface area is 106 Å². The first-order chi connectivity index (χ1) is 7.94. The fraction of sp³-hybridized carbons (Fsp3) is 0.867. The minimum Gasteiger partial charge on any atom is -0.308 e. The maximum atomic E-state index is 4.21. The second kappa shape index (κ2) is 5.11. The smallest absolute Gasteiger partial charge is 0.0203 e. The summed E-state index contributed by atoms with van der Waals surface area (Å²) in [7, 11) is 0. The van der Waals surface area contributed by atoms with Gasteiger partial charge < -0.3 is 5.32 Å². The van der Waals surface area contributed by atoms with Crippen LogP contribution in [-0.4, -0.2) is 36.6 Å². The van der Waals surface area contributed by atoms with E-state index in [-0.39, 0.29) is 5.54 Å². The summed E-state index contributed by atoms with van der Waals surface area (Å²) in [5, 5.41) is 3.52. The van der Waals surface area contributed by atoms with Gasteiger partial charge in [0.1, 0.15) is 0 Å². The molecule has 0 amide bonds. The summed E-state index contributed by atoms with van der Waals surface area (Å²) in [6.07, 6.45) is 4.40. The van der Waals surface area contributed by atoms with Crippen molar-refractivity contribution in [2.45, 2.75) is 45.6 Å². The van der Waals surface area contributed by atoms with Crippen LogP contribution >= 0.6 is 0 Å². The lowest BCUT2D eigenvalue weighted by Crippen LogP contribution is -2.38. The molecule has 2 nitrogen and oxygen atoms in total. The summed E-state index contributed by atoms with van der Waals surface area (Å²) in [5.74, 6) is 2.00. The Bertz CT molecular complexity index is 265. The maximum Gasteiger partial charge on any atom is 0.0203 e. The first-order valence-electron chi connectivity index (χ1n) is 7.08. The van der Waals surface area contributed by atoms with Gasteiger partial charge in [-0.15, -0.1) is 0 Å². The Kier molecular flexibility index (Phi) is 3.94. The first kappa shape index (κ1) is 13.1. The van der Waals surface area contributed by atoms with E-state index in [1.165, 1.54) is 37.9 Å². The van der Waals surface area contributed by atoms with Gasteiger partial charge >= 0.3 is 0 Å². The lowest BCUT2D eigenvalue weighted by molar-refractivity contribution is 0.330. The molecule has 2 fully saturated rings. The van der Waals surface area contributed by atoms with Gasteiger partial charge in [0.05, 0.1) is 0 Å². The summed E-state index contributed by atoms with van der Waals surface area (Å²) < 4.78 is 0. The van der Waals surface area contributed by atoms with Crippen molar-refractivity contribution in [3.8, 4) is 0 Å². The van der Waals surface area contributed by atoms with E-state index >= 15 is 0 Å². The predicted octanol–water partition coefficient (Wildman–Crippen LogP) is 2.66. The molecule has 0 spiro atoms. The third kappa shape index (κ3) is 3.82. The van der Waals surface area contributed by atoms with Crippen molar-refractivity contribution in [2.24, 2.45) is 11.8 Å². The second-order valence-electron chi connectivity index (χ2n) is 7.00. The quantitative estimate of drug-likeness (QED) is 0.755. The Morgan fingerprint density at radius 1 is 1.24 bits per heavy atom. The van der Waals surface area contributed by atoms with E-state index in [0.29, 0.717) is 0 Å². The van der Waals surface area contributed by atoms with Crippen LogP contribution in [0.15, 0.2) is 12.2 Å². The van der Waals surface area contributed by atoms with Crippen molar-refractivity contribution in [3.05, 3.63) is 12.2 Å². The van der Waals surface area contributed by atoms with Crippen molar-refractivity contribution in [2.75, 3.05) is 26.2 Å². The van der Waals surface area contributed by atoms with Gasteiger partial charge in [-0.05, 0) is 51.0 Å². The van der Waals surface area contributed by atoms with Gasteiger partial charge in [-0.2, -0.15) is 0 Å². The minimum absolute atomic E-state index is 0.199. The van der Waals surface area contributed by atoms with Gasteiger partial charge in [0.2, 0.25) is 0 Å². The molecule has 2 aliphatic rings. The highest BCUT2D eigenvalue weighted by molar-refractivity contribution is 5.03. The molecule has 0 aromatic rings. The van der Waals surface area contributed by atoms with Gasteiger partial charge in [0.25, 0.3) is 0 Å². The molecule has 1 saturated heterocycles. The number of nitrogens with one attached hydrogen (secondary N) is 1. The average Bonchev–Trinajstić information content (AvgIpc) is 2.73. The van der Waals surface area contributed by atoms with E-state index in [1.807, 2.05) is 0 Å².